The lowest BCUT2D eigenvalue weighted by molar-refractivity contribution is -0.205. The van der Waals surface area contributed by atoms with Gasteiger partial charge >= 0.3 is 6.18 Å². The van der Waals surface area contributed by atoms with Crippen LogP contribution in [0.3, 0.4) is 0 Å². The van der Waals surface area contributed by atoms with Crippen molar-refractivity contribution in [3.05, 3.63) is 65.5 Å². The molecule has 1 spiro atoms. The van der Waals surface area contributed by atoms with Crippen LogP contribution in [0.2, 0.25) is 0 Å². The van der Waals surface area contributed by atoms with Gasteiger partial charge in [-0.1, -0.05) is 30.3 Å². The van der Waals surface area contributed by atoms with Gasteiger partial charge in [0.15, 0.2) is 0 Å². The molecule has 1 amide bonds. The Morgan fingerprint density at radius 2 is 1.83 bits per heavy atom. The standard InChI is InChI=1S/C26H30F4N2O3/c1-18(2)34-20-8-9-21(22(27)14-20)24(33)32-12-10-25(11-13-32)16-31(17-26(28,29)30)15-23(35-25)19-6-4-3-5-7-19/h3-9,14,18,23H,10-13,15-17H2,1-2H3. The van der Waals surface area contributed by atoms with Crippen molar-refractivity contribution < 1.29 is 31.8 Å². The molecule has 2 aromatic rings. The van der Waals surface area contributed by atoms with Crippen LogP contribution in [0.5, 0.6) is 5.75 Å². The Balaban J connectivity index is 1.47. The van der Waals surface area contributed by atoms with Crippen molar-refractivity contribution in [1.82, 2.24) is 9.80 Å². The molecule has 0 saturated carbocycles. The molecule has 5 nitrogen and oxygen atoms in total. The van der Waals surface area contributed by atoms with E-state index in [-0.39, 0.29) is 37.8 Å². The fourth-order valence-electron chi connectivity index (χ4n) is 4.88. The monoisotopic (exact) mass is 494 g/mol. The number of halogens is 4. The molecule has 190 valence electrons. The second kappa shape index (κ2) is 10.1. The zero-order valence-corrected chi connectivity index (χ0v) is 19.9. The number of alkyl halides is 3. The zero-order valence-electron chi connectivity index (χ0n) is 19.9. The van der Waals surface area contributed by atoms with Gasteiger partial charge in [-0.2, -0.15) is 13.2 Å². The largest absolute Gasteiger partial charge is 0.491 e. The minimum atomic E-state index is -4.32. The molecule has 2 fully saturated rings. The van der Waals surface area contributed by atoms with E-state index in [9.17, 15) is 22.4 Å². The van der Waals surface area contributed by atoms with Gasteiger partial charge in [0.2, 0.25) is 0 Å². The average Bonchev–Trinajstić information content (AvgIpc) is 2.78. The number of likely N-dealkylation sites (tertiary alicyclic amines) is 1. The quantitative estimate of drug-likeness (QED) is 0.535. The maximum atomic E-state index is 14.6. The molecule has 4 rings (SSSR count). The topological polar surface area (TPSA) is 42.0 Å². The summed E-state index contributed by atoms with van der Waals surface area (Å²) < 4.78 is 66.2. The van der Waals surface area contributed by atoms with Crippen LogP contribution in [0, 0.1) is 5.82 Å². The Labute approximate surface area is 202 Å². The third-order valence-corrected chi connectivity index (χ3v) is 6.41. The predicted molar refractivity (Wildman–Crippen MR) is 123 cm³/mol. The van der Waals surface area contributed by atoms with Crippen LogP contribution >= 0.6 is 0 Å². The van der Waals surface area contributed by atoms with Gasteiger partial charge in [0.1, 0.15) is 11.6 Å². The van der Waals surface area contributed by atoms with Crippen LogP contribution in [0.4, 0.5) is 17.6 Å². The summed E-state index contributed by atoms with van der Waals surface area (Å²) in [5.41, 5.74) is -0.0422. The lowest BCUT2D eigenvalue weighted by Gasteiger charge is -2.50. The fraction of sp³-hybridized carbons (Fsp3) is 0.500. The molecule has 35 heavy (non-hydrogen) atoms. The van der Waals surface area contributed by atoms with Gasteiger partial charge in [0.25, 0.3) is 5.91 Å². The highest BCUT2D eigenvalue weighted by Gasteiger charge is 2.46. The predicted octanol–water partition coefficient (Wildman–Crippen LogP) is 5.22. The summed E-state index contributed by atoms with van der Waals surface area (Å²) in [6.45, 7) is 3.45. The first-order valence-electron chi connectivity index (χ1n) is 11.8. The summed E-state index contributed by atoms with van der Waals surface area (Å²) in [6.07, 6.45) is -4.21. The second-order valence-electron chi connectivity index (χ2n) is 9.59. The number of piperidine rings is 1. The van der Waals surface area contributed by atoms with Gasteiger partial charge < -0.3 is 14.4 Å². The zero-order chi connectivity index (χ0) is 25.2. The molecule has 0 aliphatic carbocycles. The number of rotatable bonds is 5. The minimum Gasteiger partial charge on any atom is -0.491 e. The van der Waals surface area contributed by atoms with Gasteiger partial charge in [-0.15, -0.1) is 0 Å². The van der Waals surface area contributed by atoms with Crippen molar-refractivity contribution >= 4 is 5.91 Å². The third kappa shape index (κ3) is 6.32. The second-order valence-corrected chi connectivity index (χ2v) is 9.59. The van der Waals surface area contributed by atoms with Crippen molar-refractivity contribution in [2.45, 2.75) is 50.7 Å². The van der Waals surface area contributed by atoms with Gasteiger partial charge in [0, 0.05) is 32.2 Å². The molecule has 2 aromatic carbocycles. The van der Waals surface area contributed by atoms with Crippen LogP contribution in [0.25, 0.3) is 0 Å². The van der Waals surface area contributed by atoms with E-state index in [2.05, 4.69) is 0 Å². The SMILES string of the molecule is CC(C)Oc1ccc(C(=O)N2CCC3(CC2)CN(CC(F)(F)F)CC(c2ccccc2)O3)c(F)c1. The Morgan fingerprint density at radius 1 is 1.14 bits per heavy atom. The van der Waals surface area contributed by atoms with E-state index in [0.29, 0.717) is 18.6 Å². The van der Waals surface area contributed by atoms with Crippen molar-refractivity contribution in [2.24, 2.45) is 0 Å². The number of amides is 1. The Kier molecular flexibility index (Phi) is 7.38. The van der Waals surface area contributed by atoms with E-state index >= 15 is 0 Å². The summed E-state index contributed by atoms with van der Waals surface area (Å²) in [5, 5.41) is 0. The summed E-state index contributed by atoms with van der Waals surface area (Å²) in [6, 6.07) is 13.4. The average molecular weight is 495 g/mol. The molecule has 1 atom stereocenters. The molecule has 2 aliphatic heterocycles. The maximum Gasteiger partial charge on any atom is 0.401 e. The summed E-state index contributed by atoms with van der Waals surface area (Å²) in [5.74, 6) is -0.766. The summed E-state index contributed by atoms with van der Waals surface area (Å²) >= 11 is 0. The molecular weight excluding hydrogens is 464 g/mol. The Morgan fingerprint density at radius 3 is 2.43 bits per heavy atom. The number of morpholine rings is 1. The highest BCUT2D eigenvalue weighted by Crippen LogP contribution is 2.39. The molecule has 2 saturated heterocycles. The molecule has 2 heterocycles. The molecular formula is C26H30F4N2O3. The number of carbonyl (C=O) groups excluding carboxylic acids is 1. The van der Waals surface area contributed by atoms with Crippen molar-refractivity contribution in [1.29, 1.82) is 0 Å². The lowest BCUT2D eigenvalue weighted by Crippen LogP contribution is -2.59. The number of hydrogen-bond acceptors (Lipinski definition) is 4. The van der Waals surface area contributed by atoms with Crippen LogP contribution in [0.1, 0.15) is 48.7 Å². The van der Waals surface area contributed by atoms with E-state index < -0.39 is 36.2 Å². The maximum absolute atomic E-state index is 14.6. The van der Waals surface area contributed by atoms with Gasteiger partial charge in [-0.05, 0) is 44.4 Å². The van der Waals surface area contributed by atoms with E-state index in [1.165, 1.54) is 21.9 Å². The van der Waals surface area contributed by atoms with Crippen molar-refractivity contribution in [3.63, 3.8) is 0 Å². The summed E-state index contributed by atoms with van der Waals surface area (Å²) in [4.78, 5) is 15.9. The number of hydrogen-bond donors (Lipinski definition) is 0. The van der Waals surface area contributed by atoms with E-state index in [1.807, 2.05) is 44.2 Å². The van der Waals surface area contributed by atoms with Crippen LogP contribution in [-0.2, 0) is 4.74 Å². The first-order chi connectivity index (χ1) is 16.5. The van der Waals surface area contributed by atoms with Crippen LogP contribution in [-0.4, -0.2) is 66.3 Å². The van der Waals surface area contributed by atoms with E-state index in [4.69, 9.17) is 9.47 Å². The van der Waals surface area contributed by atoms with Crippen LogP contribution in [0.15, 0.2) is 48.5 Å². The van der Waals surface area contributed by atoms with Crippen molar-refractivity contribution in [2.75, 3.05) is 32.7 Å². The lowest BCUT2D eigenvalue weighted by atomic mass is 9.87. The molecule has 0 N–H and O–H groups in total. The number of carbonyl (C=O) groups is 1. The Hall–Kier alpha value is -2.65. The van der Waals surface area contributed by atoms with Gasteiger partial charge in [-0.3, -0.25) is 9.69 Å². The first-order valence-corrected chi connectivity index (χ1v) is 11.8. The van der Waals surface area contributed by atoms with E-state index in [0.717, 1.165) is 5.56 Å². The number of nitrogens with zero attached hydrogens (tertiary/aromatic N) is 2. The van der Waals surface area contributed by atoms with Gasteiger partial charge in [0.05, 0.1) is 29.9 Å². The summed E-state index contributed by atoms with van der Waals surface area (Å²) in [7, 11) is 0. The third-order valence-electron chi connectivity index (χ3n) is 6.41. The minimum absolute atomic E-state index is 0.0533. The molecule has 0 aromatic heterocycles. The first kappa shape index (κ1) is 25.4. The normalized spacial score (nSPS) is 20.9. The van der Waals surface area contributed by atoms with Crippen molar-refractivity contribution in [3.8, 4) is 5.75 Å². The fourth-order valence-corrected chi connectivity index (χ4v) is 4.88. The highest BCUT2D eigenvalue weighted by molar-refractivity contribution is 5.94. The molecule has 1 unspecified atom stereocenters. The number of ether oxygens (including phenoxy) is 2. The van der Waals surface area contributed by atoms with Crippen LogP contribution < -0.4 is 4.74 Å². The molecule has 0 bridgehead atoms. The molecule has 2 aliphatic rings. The van der Waals surface area contributed by atoms with Gasteiger partial charge in [-0.25, -0.2) is 4.39 Å². The molecule has 9 heteroatoms. The Bertz CT molecular complexity index is 1020. The van der Waals surface area contributed by atoms with E-state index in [1.54, 1.807) is 6.07 Å². The number of benzene rings is 2. The molecule has 0 radical (unpaired) electrons. The highest BCUT2D eigenvalue weighted by atomic mass is 19.4. The smallest absolute Gasteiger partial charge is 0.401 e.